The molecule has 18 heteroatoms. The van der Waals surface area contributed by atoms with Crippen molar-refractivity contribution in [3.05, 3.63) is 0 Å². The SMILES string of the molecule is CC(CCC(=O)O)C(=O)NC(CCC(=O)O)C(=O)NC(CCC(=O)O)C(=O)NC(CCC(=O)O)C(=O)NCC(=O)O. The molecule has 18 nitrogen and oxygen atoms in total. The van der Waals surface area contributed by atoms with Gasteiger partial charge in [-0.15, -0.1) is 0 Å². The number of carboxylic acids is 5. The van der Waals surface area contributed by atoms with Crippen LogP contribution in [-0.2, 0) is 43.2 Å². The molecule has 0 aliphatic heterocycles. The zero-order valence-corrected chi connectivity index (χ0v) is 22.1. The fourth-order valence-electron chi connectivity index (χ4n) is 3.23. The van der Waals surface area contributed by atoms with Crippen molar-refractivity contribution in [2.45, 2.75) is 76.4 Å². The largest absolute Gasteiger partial charge is 0.481 e. The van der Waals surface area contributed by atoms with Crippen molar-refractivity contribution < 1.29 is 68.7 Å². The summed E-state index contributed by atoms with van der Waals surface area (Å²) < 4.78 is 0. The van der Waals surface area contributed by atoms with E-state index in [1.807, 2.05) is 5.32 Å². The van der Waals surface area contributed by atoms with E-state index in [1.165, 1.54) is 6.92 Å². The molecular formula is C23H34N4O14. The third kappa shape index (κ3) is 16.7. The van der Waals surface area contributed by atoms with Crippen LogP contribution in [0.15, 0.2) is 0 Å². The van der Waals surface area contributed by atoms with Crippen molar-refractivity contribution in [1.82, 2.24) is 21.3 Å². The molecule has 0 rings (SSSR count). The first-order valence-corrected chi connectivity index (χ1v) is 12.3. The predicted molar refractivity (Wildman–Crippen MR) is 133 cm³/mol. The molecule has 0 heterocycles. The summed E-state index contributed by atoms with van der Waals surface area (Å²) in [5, 5.41) is 53.1. The highest BCUT2D eigenvalue weighted by Gasteiger charge is 2.31. The van der Waals surface area contributed by atoms with Crippen molar-refractivity contribution in [2.75, 3.05) is 6.54 Å². The number of hydrogen-bond donors (Lipinski definition) is 9. The van der Waals surface area contributed by atoms with Gasteiger partial charge in [-0.25, -0.2) is 0 Å². The maximum absolute atomic E-state index is 13.0. The fraction of sp³-hybridized carbons (Fsp3) is 0.609. The molecule has 9 N–H and O–H groups in total. The Kier molecular flexibility index (Phi) is 16.4. The van der Waals surface area contributed by atoms with E-state index in [1.54, 1.807) is 0 Å². The molecule has 0 spiro atoms. The molecule has 0 aromatic rings. The zero-order valence-electron chi connectivity index (χ0n) is 22.1. The number of carboxylic acid groups (broad SMARTS) is 5. The Balaban J connectivity index is 5.84. The summed E-state index contributed by atoms with van der Waals surface area (Å²) in [5.41, 5.74) is 0. The van der Waals surface area contributed by atoms with Gasteiger partial charge in [0.1, 0.15) is 24.7 Å². The van der Waals surface area contributed by atoms with Gasteiger partial charge in [0.25, 0.3) is 0 Å². The molecule has 0 aliphatic carbocycles. The average Bonchev–Trinajstić information content (AvgIpc) is 2.87. The number of carbonyl (C=O) groups excluding carboxylic acids is 4. The smallest absolute Gasteiger partial charge is 0.322 e. The third-order valence-electron chi connectivity index (χ3n) is 5.49. The molecule has 0 saturated carbocycles. The second-order valence-electron chi connectivity index (χ2n) is 8.93. The van der Waals surface area contributed by atoms with E-state index < -0.39 is 123 Å². The summed E-state index contributed by atoms with van der Waals surface area (Å²) in [7, 11) is 0. The quantitative estimate of drug-likeness (QED) is 0.0681. The minimum atomic E-state index is -1.66. The summed E-state index contributed by atoms with van der Waals surface area (Å²) >= 11 is 0. The first-order chi connectivity index (χ1) is 19.0. The van der Waals surface area contributed by atoms with Crippen LogP contribution in [0, 0.1) is 5.92 Å². The summed E-state index contributed by atoms with van der Waals surface area (Å²) in [5.74, 6) is -11.6. The van der Waals surface area contributed by atoms with Gasteiger partial charge >= 0.3 is 29.8 Å². The topological polar surface area (TPSA) is 303 Å². The molecule has 0 aromatic carbocycles. The van der Waals surface area contributed by atoms with E-state index in [4.69, 9.17) is 25.5 Å². The van der Waals surface area contributed by atoms with E-state index in [-0.39, 0.29) is 12.8 Å². The molecule has 0 aliphatic rings. The van der Waals surface area contributed by atoms with E-state index in [0.29, 0.717) is 0 Å². The monoisotopic (exact) mass is 590 g/mol. The lowest BCUT2D eigenvalue weighted by Gasteiger charge is -2.25. The molecule has 0 saturated heterocycles. The highest BCUT2D eigenvalue weighted by atomic mass is 16.4. The minimum absolute atomic E-state index is 0.0975. The first kappa shape index (κ1) is 36.2. The summed E-state index contributed by atoms with van der Waals surface area (Å²) in [4.78, 5) is 105. The van der Waals surface area contributed by atoms with Gasteiger partial charge < -0.3 is 46.8 Å². The lowest BCUT2D eigenvalue weighted by molar-refractivity contribution is -0.141. The summed E-state index contributed by atoms with van der Waals surface area (Å²) in [6.45, 7) is 0.521. The highest BCUT2D eigenvalue weighted by molar-refractivity contribution is 5.95. The average molecular weight is 591 g/mol. The molecule has 4 amide bonds. The molecule has 4 atom stereocenters. The lowest BCUT2D eigenvalue weighted by Crippen LogP contribution is -2.57. The normalized spacial score (nSPS) is 13.4. The standard InChI is InChI=1S/C23H34N4O14/c1-11(2-6-15(28)29)20(38)25-13(4-8-17(32)33)22(40)27-14(5-9-18(34)35)23(41)26-12(3-7-16(30)31)21(39)24-10-19(36)37/h11-14H,2-10H2,1H3,(H,24,39)(H,25,38)(H,26,41)(H,27,40)(H,28,29)(H,30,31)(H,32,33)(H,34,35)(H,36,37). The van der Waals surface area contributed by atoms with Gasteiger partial charge in [-0.3, -0.25) is 43.2 Å². The Bertz CT molecular complexity index is 1010. The first-order valence-electron chi connectivity index (χ1n) is 12.3. The van der Waals surface area contributed by atoms with Crippen LogP contribution in [-0.4, -0.2) is 104 Å². The maximum Gasteiger partial charge on any atom is 0.322 e. The highest BCUT2D eigenvalue weighted by Crippen LogP contribution is 2.09. The number of amides is 4. The molecule has 0 radical (unpaired) electrons. The van der Waals surface area contributed by atoms with Gasteiger partial charge in [0, 0.05) is 31.6 Å². The Morgan fingerprint density at radius 2 is 0.780 bits per heavy atom. The van der Waals surface area contributed by atoms with Crippen molar-refractivity contribution in [3.8, 4) is 0 Å². The van der Waals surface area contributed by atoms with Crippen LogP contribution in [0.1, 0.15) is 58.3 Å². The zero-order chi connectivity index (χ0) is 31.7. The third-order valence-corrected chi connectivity index (χ3v) is 5.49. The van der Waals surface area contributed by atoms with Crippen molar-refractivity contribution >= 4 is 53.5 Å². The molecule has 41 heavy (non-hydrogen) atoms. The van der Waals surface area contributed by atoms with Gasteiger partial charge in [0.2, 0.25) is 23.6 Å². The fourth-order valence-corrected chi connectivity index (χ4v) is 3.23. The Hall–Kier alpha value is -4.77. The summed E-state index contributed by atoms with van der Waals surface area (Å²) in [6.07, 6.45) is -3.83. The molecule has 4 unspecified atom stereocenters. The minimum Gasteiger partial charge on any atom is -0.481 e. The Morgan fingerprint density at radius 1 is 0.463 bits per heavy atom. The van der Waals surface area contributed by atoms with Crippen LogP contribution in [0.3, 0.4) is 0 Å². The van der Waals surface area contributed by atoms with Crippen molar-refractivity contribution in [3.63, 3.8) is 0 Å². The van der Waals surface area contributed by atoms with E-state index >= 15 is 0 Å². The van der Waals surface area contributed by atoms with E-state index in [9.17, 15) is 43.2 Å². The molecule has 0 aromatic heterocycles. The van der Waals surface area contributed by atoms with Gasteiger partial charge in [-0.05, 0) is 25.7 Å². The van der Waals surface area contributed by atoms with Crippen LogP contribution < -0.4 is 21.3 Å². The predicted octanol–water partition coefficient (Wildman–Crippen LogP) is -2.26. The second kappa shape index (κ2) is 18.5. The van der Waals surface area contributed by atoms with Crippen LogP contribution in [0.25, 0.3) is 0 Å². The molecule has 0 fully saturated rings. The van der Waals surface area contributed by atoms with Crippen LogP contribution in [0.2, 0.25) is 0 Å². The molecule has 230 valence electrons. The Labute approximate surface area is 232 Å². The van der Waals surface area contributed by atoms with Crippen LogP contribution in [0.4, 0.5) is 0 Å². The van der Waals surface area contributed by atoms with Gasteiger partial charge in [0.05, 0.1) is 0 Å². The van der Waals surface area contributed by atoms with Gasteiger partial charge in [-0.1, -0.05) is 6.92 Å². The number of rotatable bonds is 21. The molecular weight excluding hydrogens is 556 g/mol. The molecule has 0 bridgehead atoms. The number of hydrogen-bond acceptors (Lipinski definition) is 9. The number of carbonyl (C=O) groups is 9. The van der Waals surface area contributed by atoms with Crippen molar-refractivity contribution in [2.24, 2.45) is 5.92 Å². The number of nitrogens with one attached hydrogen (secondary N) is 4. The van der Waals surface area contributed by atoms with Crippen LogP contribution >= 0.6 is 0 Å². The second-order valence-corrected chi connectivity index (χ2v) is 8.93. The van der Waals surface area contributed by atoms with Gasteiger partial charge in [0.15, 0.2) is 0 Å². The van der Waals surface area contributed by atoms with Crippen molar-refractivity contribution in [1.29, 1.82) is 0 Å². The van der Waals surface area contributed by atoms with Gasteiger partial charge in [-0.2, -0.15) is 0 Å². The maximum atomic E-state index is 13.0. The number of aliphatic carboxylic acids is 5. The lowest BCUT2D eigenvalue weighted by atomic mass is 10.0. The summed E-state index contributed by atoms with van der Waals surface area (Å²) in [6, 6.07) is -4.78. The van der Waals surface area contributed by atoms with E-state index in [2.05, 4.69) is 16.0 Å². The van der Waals surface area contributed by atoms with E-state index in [0.717, 1.165) is 0 Å². The Morgan fingerprint density at radius 3 is 1.12 bits per heavy atom. The van der Waals surface area contributed by atoms with Crippen LogP contribution in [0.5, 0.6) is 0 Å².